The lowest BCUT2D eigenvalue weighted by Crippen LogP contribution is -2.39. The number of rotatable bonds is 14. The first-order chi connectivity index (χ1) is 11.6. The van der Waals surface area contributed by atoms with E-state index in [0.29, 0.717) is 45.4 Å². The highest BCUT2D eigenvalue weighted by atomic mass is 16.6. The van der Waals surface area contributed by atoms with Crippen molar-refractivity contribution in [3.63, 3.8) is 0 Å². The second-order valence-corrected chi connectivity index (χ2v) is 6.50. The third kappa shape index (κ3) is 9.69. The third-order valence-corrected chi connectivity index (χ3v) is 4.29. The molecule has 1 aliphatic heterocycles. The topological polar surface area (TPSA) is 57.2 Å². The molecule has 0 aliphatic carbocycles. The summed E-state index contributed by atoms with van der Waals surface area (Å²) in [5.74, 6) is 0.853. The summed E-state index contributed by atoms with van der Waals surface area (Å²) in [4.78, 5) is 14.4. The standard InChI is InChI=1S/C18H35NO5/c1-16(2)18(20)17-4-6-19(7-5-17)8-9-22-12-13-24-15-14-23-11-10-21-3/h16-17H,4-15H2,1-3H3. The highest BCUT2D eigenvalue weighted by Gasteiger charge is 2.25. The molecule has 1 fully saturated rings. The maximum absolute atomic E-state index is 12.0. The van der Waals surface area contributed by atoms with Crippen molar-refractivity contribution in [2.45, 2.75) is 26.7 Å². The maximum atomic E-state index is 12.0. The van der Waals surface area contributed by atoms with Crippen molar-refractivity contribution in [1.29, 1.82) is 0 Å². The molecule has 0 radical (unpaired) electrons. The van der Waals surface area contributed by atoms with Crippen molar-refractivity contribution in [2.75, 3.05) is 73.0 Å². The molecule has 1 rings (SSSR count). The largest absolute Gasteiger partial charge is 0.382 e. The van der Waals surface area contributed by atoms with Crippen LogP contribution >= 0.6 is 0 Å². The first-order valence-electron chi connectivity index (χ1n) is 9.13. The van der Waals surface area contributed by atoms with Crippen LogP contribution in [0.4, 0.5) is 0 Å². The lowest BCUT2D eigenvalue weighted by molar-refractivity contribution is -0.127. The Morgan fingerprint density at radius 2 is 1.42 bits per heavy atom. The molecule has 0 amide bonds. The lowest BCUT2D eigenvalue weighted by Gasteiger charge is -2.31. The van der Waals surface area contributed by atoms with Crippen LogP contribution in [0.3, 0.4) is 0 Å². The Balaban J connectivity index is 1.88. The molecule has 0 atom stereocenters. The zero-order valence-corrected chi connectivity index (χ0v) is 15.6. The van der Waals surface area contributed by atoms with Gasteiger partial charge in [-0.2, -0.15) is 0 Å². The number of carbonyl (C=O) groups is 1. The molecule has 6 heteroatoms. The minimum Gasteiger partial charge on any atom is -0.382 e. The highest BCUT2D eigenvalue weighted by molar-refractivity contribution is 5.82. The van der Waals surface area contributed by atoms with E-state index in [1.54, 1.807) is 7.11 Å². The molecule has 0 spiro atoms. The second-order valence-electron chi connectivity index (χ2n) is 6.50. The predicted octanol–water partition coefficient (Wildman–Crippen LogP) is 1.62. The van der Waals surface area contributed by atoms with Crippen LogP contribution in [0.5, 0.6) is 0 Å². The van der Waals surface area contributed by atoms with Crippen molar-refractivity contribution < 1.29 is 23.7 Å². The predicted molar refractivity (Wildman–Crippen MR) is 93.3 cm³/mol. The van der Waals surface area contributed by atoms with Gasteiger partial charge in [0.25, 0.3) is 0 Å². The van der Waals surface area contributed by atoms with E-state index in [1.807, 2.05) is 13.8 Å². The zero-order chi connectivity index (χ0) is 17.6. The summed E-state index contributed by atoms with van der Waals surface area (Å²) in [6.07, 6.45) is 1.98. The van der Waals surface area contributed by atoms with Crippen molar-refractivity contribution in [2.24, 2.45) is 11.8 Å². The van der Waals surface area contributed by atoms with Crippen LogP contribution in [0.2, 0.25) is 0 Å². The van der Waals surface area contributed by atoms with Crippen LogP contribution in [0.25, 0.3) is 0 Å². The second kappa shape index (κ2) is 13.7. The van der Waals surface area contributed by atoms with Crippen LogP contribution in [-0.2, 0) is 23.7 Å². The summed E-state index contributed by atoms with van der Waals surface area (Å²) in [7, 11) is 1.66. The van der Waals surface area contributed by atoms with E-state index in [1.165, 1.54) is 0 Å². The Bertz CT molecular complexity index is 317. The Kier molecular flexibility index (Phi) is 12.3. The first-order valence-corrected chi connectivity index (χ1v) is 9.13. The number of Topliss-reactive ketones (excluding diaryl/α,β-unsaturated/α-hetero) is 1. The van der Waals surface area contributed by atoms with Gasteiger partial charge in [-0.25, -0.2) is 0 Å². The Hall–Kier alpha value is -0.530. The number of ketones is 1. The molecule has 0 aromatic heterocycles. The smallest absolute Gasteiger partial charge is 0.138 e. The minimum absolute atomic E-state index is 0.162. The van der Waals surface area contributed by atoms with Crippen molar-refractivity contribution >= 4 is 5.78 Å². The average Bonchev–Trinajstić information content (AvgIpc) is 2.59. The highest BCUT2D eigenvalue weighted by Crippen LogP contribution is 2.20. The number of hydrogen-bond donors (Lipinski definition) is 0. The van der Waals surface area contributed by atoms with Gasteiger partial charge in [0.2, 0.25) is 0 Å². The van der Waals surface area contributed by atoms with Crippen molar-refractivity contribution in [3.05, 3.63) is 0 Å². The van der Waals surface area contributed by atoms with Crippen LogP contribution in [0, 0.1) is 11.8 Å². The van der Waals surface area contributed by atoms with E-state index >= 15 is 0 Å². The lowest BCUT2D eigenvalue weighted by atomic mass is 9.87. The van der Waals surface area contributed by atoms with Crippen LogP contribution in [-0.4, -0.2) is 83.7 Å². The molecule has 24 heavy (non-hydrogen) atoms. The van der Waals surface area contributed by atoms with Crippen LogP contribution in [0.1, 0.15) is 26.7 Å². The number of methoxy groups -OCH3 is 1. The number of hydrogen-bond acceptors (Lipinski definition) is 6. The maximum Gasteiger partial charge on any atom is 0.138 e. The molecule has 0 aromatic rings. The first kappa shape index (κ1) is 21.5. The van der Waals surface area contributed by atoms with E-state index in [0.717, 1.165) is 39.1 Å². The van der Waals surface area contributed by atoms with Crippen molar-refractivity contribution in [3.8, 4) is 0 Å². The summed E-state index contributed by atoms with van der Waals surface area (Å²) in [5.41, 5.74) is 0. The van der Waals surface area contributed by atoms with Gasteiger partial charge in [0, 0.05) is 25.5 Å². The molecule has 6 nitrogen and oxygen atoms in total. The number of likely N-dealkylation sites (tertiary alicyclic amines) is 1. The van der Waals surface area contributed by atoms with Gasteiger partial charge in [0.1, 0.15) is 5.78 Å². The van der Waals surface area contributed by atoms with E-state index in [4.69, 9.17) is 18.9 Å². The summed E-state index contributed by atoms with van der Waals surface area (Å²) in [6.45, 7) is 11.3. The number of carbonyl (C=O) groups excluding carboxylic acids is 1. The Morgan fingerprint density at radius 1 is 0.917 bits per heavy atom. The molecular formula is C18H35NO5. The van der Waals surface area contributed by atoms with E-state index in [-0.39, 0.29) is 11.8 Å². The Labute approximate surface area is 146 Å². The fourth-order valence-electron chi connectivity index (χ4n) is 2.79. The van der Waals surface area contributed by atoms with Crippen LogP contribution < -0.4 is 0 Å². The van der Waals surface area contributed by atoms with Gasteiger partial charge < -0.3 is 23.8 Å². The van der Waals surface area contributed by atoms with Gasteiger partial charge in [0.15, 0.2) is 0 Å². The molecular weight excluding hydrogens is 310 g/mol. The van der Waals surface area contributed by atoms with Gasteiger partial charge in [-0.05, 0) is 25.9 Å². The summed E-state index contributed by atoms with van der Waals surface area (Å²) in [6, 6.07) is 0. The molecule has 1 aliphatic rings. The molecule has 0 bridgehead atoms. The quantitative estimate of drug-likeness (QED) is 0.446. The molecule has 0 aromatic carbocycles. The number of piperidine rings is 1. The fourth-order valence-corrected chi connectivity index (χ4v) is 2.79. The molecule has 142 valence electrons. The van der Waals surface area contributed by atoms with E-state index in [2.05, 4.69) is 4.90 Å². The monoisotopic (exact) mass is 345 g/mol. The molecule has 0 N–H and O–H groups in total. The number of nitrogens with zero attached hydrogens (tertiary/aromatic N) is 1. The number of ether oxygens (including phenoxy) is 4. The molecule has 1 heterocycles. The molecule has 1 saturated heterocycles. The normalized spacial score (nSPS) is 16.8. The molecule has 0 unspecified atom stereocenters. The average molecular weight is 345 g/mol. The van der Waals surface area contributed by atoms with Gasteiger partial charge in [-0.15, -0.1) is 0 Å². The SMILES string of the molecule is COCCOCCOCCOCCN1CCC(C(=O)C(C)C)CC1. The van der Waals surface area contributed by atoms with Gasteiger partial charge in [-0.3, -0.25) is 4.79 Å². The van der Waals surface area contributed by atoms with Gasteiger partial charge in [0.05, 0.1) is 46.2 Å². The van der Waals surface area contributed by atoms with Crippen LogP contribution in [0.15, 0.2) is 0 Å². The third-order valence-electron chi connectivity index (χ3n) is 4.29. The molecule has 0 saturated carbocycles. The fraction of sp³-hybridized carbons (Fsp3) is 0.944. The van der Waals surface area contributed by atoms with E-state index in [9.17, 15) is 4.79 Å². The zero-order valence-electron chi connectivity index (χ0n) is 15.6. The summed E-state index contributed by atoms with van der Waals surface area (Å²) >= 11 is 0. The minimum atomic E-state index is 0.162. The summed E-state index contributed by atoms with van der Waals surface area (Å²) in [5, 5.41) is 0. The Morgan fingerprint density at radius 3 is 1.92 bits per heavy atom. The van der Waals surface area contributed by atoms with Crippen molar-refractivity contribution in [1.82, 2.24) is 4.90 Å². The summed E-state index contributed by atoms with van der Waals surface area (Å²) < 4.78 is 21.2. The van der Waals surface area contributed by atoms with Gasteiger partial charge in [-0.1, -0.05) is 13.8 Å². The van der Waals surface area contributed by atoms with Gasteiger partial charge >= 0.3 is 0 Å². The van der Waals surface area contributed by atoms with E-state index < -0.39 is 0 Å².